The quantitative estimate of drug-likeness (QED) is 0.608. The summed E-state index contributed by atoms with van der Waals surface area (Å²) in [5, 5.41) is 2.63. The summed E-state index contributed by atoms with van der Waals surface area (Å²) in [6, 6.07) is 6.80. The third-order valence-corrected chi connectivity index (χ3v) is 2.44. The number of rotatable bonds is 6. The van der Waals surface area contributed by atoms with Gasteiger partial charge in [-0.15, -0.1) is 0 Å². The van der Waals surface area contributed by atoms with Crippen molar-refractivity contribution in [1.29, 1.82) is 0 Å². The van der Waals surface area contributed by atoms with Gasteiger partial charge in [0, 0.05) is 18.2 Å². The molecule has 96 valence electrons. The van der Waals surface area contributed by atoms with E-state index in [1.165, 1.54) is 6.92 Å². The van der Waals surface area contributed by atoms with Crippen LogP contribution in [0.4, 0.5) is 5.69 Å². The summed E-state index contributed by atoms with van der Waals surface area (Å²) in [5.41, 5.74) is 1.14. The number of hydrogen-bond donors (Lipinski definition) is 1. The number of hydrogen-bond acceptors (Lipinski definition) is 4. The highest BCUT2D eigenvalue weighted by Crippen LogP contribution is 2.12. The van der Waals surface area contributed by atoms with Gasteiger partial charge < -0.3 is 14.8 Å². The average molecular weight is 249 g/mol. The number of anilines is 1. The Morgan fingerprint density at radius 1 is 1.50 bits per heavy atom. The molecule has 5 nitrogen and oxygen atoms in total. The molecule has 0 aliphatic carbocycles. The number of carbonyl (C=O) groups is 2. The Bertz CT molecular complexity index is 454. The number of ether oxygens (including phenoxy) is 2. The lowest BCUT2D eigenvalue weighted by molar-refractivity contribution is -0.114. The van der Waals surface area contributed by atoms with E-state index in [9.17, 15) is 9.59 Å². The highest BCUT2D eigenvalue weighted by atomic mass is 16.6. The number of nitrogens with one attached hydrogen (secondary N) is 1. The summed E-state index contributed by atoms with van der Waals surface area (Å²) in [6.07, 6.45) is 0.156. The van der Waals surface area contributed by atoms with Crippen molar-refractivity contribution in [1.82, 2.24) is 0 Å². The number of Topliss-reactive ketones (excluding diaryl/α,β-unsaturated/α-hetero) is 1. The van der Waals surface area contributed by atoms with Gasteiger partial charge in [-0.3, -0.25) is 9.59 Å². The van der Waals surface area contributed by atoms with Crippen molar-refractivity contribution in [3.63, 3.8) is 0 Å². The third kappa shape index (κ3) is 3.94. The van der Waals surface area contributed by atoms with Crippen LogP contribution >= 0.6 is 0 Å². The largest absolute Gasteiger partial charge is 0.371 e. The molecule has 1 aliphatic rings. The Labute approximate surface area is 105 Å². The molecule has 1 saturated heterocycles. The minimum absolute atomic E-state index is 0.0311. The Balaban J connectivity index is 1.89. The molecule has 1 amide bonds. The summed E-state index contributed by atoms with van der Waals surface area (Å²) in [4.78, 5) is 22.7. The Morgan fingerprint density at radius 2 is 2.28 bits per heavy atom. The molecule has 1 aromatic carbocycles. The van der Waals surface area contributed by atoms with E-state index in [0.717, 1.165) is 0 Å². The molecule has 1 aliphatic heterocycles. The number of amides is 1. The first kappa shape index (κ1) is 12.7. The average Bonchev–Trinajstić information content (AvgIpc) is 3.12. The smallest absolute Gasteiger partial charge is 0.221 e. The van der Waals surface area contributed by atoms with Crippen LogP contribution in [0.2, 0.25) is 0 Å². The van der Waals surface area contributed by atoms with Crippen molar-refractivity contribution >= 4 is 17.4 Å². The fraction of sp³-hybridized carbons (Fsp3) is 0.385. The monoisotopic (exact) mass is 249 g/mol. The van der Waals surface area contributed by atoms with E-state index < -0.39 is 0 Å². The summed E-state index contributed by atoms with van der Waals surface area (Å²) in [5.74, 6) is -0.274. The van der Waals surface area contributed by atoms with Gasteiger partial charge in [0.25, 0.3) is 0 Å². The van der Waals surface area contributed by atoms with E-state index in [0.29, 0.717) is 24.5 Å². The van der Waals surface area contributed by atoms with E-state index in [4.69, 9.17) is 9.47 Å². The Kier molecular flexibility index (Phi) is 4.07. The standard InChI is InChI=1S/C13H15NO4/c1-9(15)14-11-4-2-3-10(5-11)13(16)8-17-6-12-7-18-12/h2-5,12H,6-8H2,1H3,(H,14,15). The van der Waals surface area contributed by atoms with Crippen molar-refractivity contribution in [3.8, 4) is 0 Å². The minimum Gasteiger partial charge on any atom is -0.371 e. The molecular formula is C13H15NO4. The van der Waals surface area contributed by atoms with Gasteiger partial charge in [0.2, 0.25) is 5.91 Å². The maximum absolute atomic E-state index is 11.8. The van der Waals surface area contributed by atoms with Crippen LogP contribution < -0.4 is 5.32 Å². The number of epoxide rings is 1. The first-order chi connectivity index (χ1) is 8.65. The summed E-state index contributed by atoms with van der Waals surface area (Å²) < 4.78 is 10.2. The van der Waals surface area contributed by atoms with Crippen LogP contribution in [-0.4, -0.2) is 37.6 Å². The summed E-state index contributed by atoms with van der Waals surface area (Å²) in [6.45, 7) is 2.62. The zero-order valence-electron chi connectivity index (χ0n) is 10.1. The zero-order chi connectivity index (χ0) is 13.0. The lowest BCUT2D eigenvalue weighted by atomic mass is 10.1. The first-order valence-electron chi connectivity index (χ1n) is 5.75. The molecule has 0 bridgehead atoms. The molecule has 0 spiro atoms. The van der Waals surface area contributed by atoms with E-state index in [1.54, 1.807) is 24.3 Å². The Hall–Kier alpha value is -1.72. The van der Waals surface area contributed by atoms with Gasteiger partial charge in [0.15, 0.2) is 5.78 Å². The van der Waals surface area contributed by atoms with Gasteiger partial charge in [-0.25, -0.2) is 0 Å². The molecular weight excluding hydrogens is 234 g/mol. The highest BCUT2D eigenvalue weighted by molar-refractivity contribution is 5.99. The van der Waals surface area contributed by atoms with E-state index in [2.05, 4.69) is 5.32 Å². The van der Waals surface area contributed by atoms with Gasteiger partial charge in [-0.05, 0) is 12.1 Å². The number of benzene rings is 1. The normalized spacial score (nSPS) is 17.3. The van der Waals surface area contributed by atoms with Gasteiger partial charge >= 0.3 is 0 Å². The molecule has 0 aromatic heterocycles. The van der Waals surface area contributed by atoms with Crippen LogP contribution in [0.25, 0.3) is 0 Å². The molecule has 1 aromatic rings. The number of carbonyl (C=O) groups excluding carboxylic acids is 2. The molecule has 1 fully saturated rings. The van der Waals surface area contributed by atoms with Gasteiger partial charge in [0.1, 0.15) is 12.7 Å². The van der Waals surface area contributed by atoms with Gasteiger partial charge in [-0.1, -0.05) is 12.1 Å². The van der Waals surface area contributed by atoms with E-state index in [-0.39, 0.29) is 24.4 Å². The molecule has 5 heteroatoms. The Morgan fingerprint density at radius 3 is 2.94 bits per heavy atom. The van der Waals surface area contributed by atoms with Gasteiger partial charge in [-0.2, -0.15) is 0 Å². The van der Waals surface area contributed by atoms with Crippen molar-refractivity contribution in [2.75, 3.05) is 25.1 Å². The van der Waals surface area contributed by atoms with Crippen LogP contribution in [-0.2, 0) is 14.3 Å². The predicted molar refractivity (Wildman–Crippen MR) is 65.6 cm³/mol. The molecule has 0 saturated carbocycles. The van der Waals surface area contributed by atoms with E-state index >= 15 is 0 Å². The molecule has 1 unspecified atom stereocenters. The second-order valence-corrected chi connectivity index (χ2v) is 4.16. The lowest BCUT2D eigenvalue weighted by Crippen LogP contribution is -2.13. The first-order valence-corrected chi connectivity index (χ1v) is 5.75. The van der Waals surface area contributed by atoms with E-state index in [1.807, 2.05) is 0 Å². The zero-order valence-corrected chi connectivity index (χ0v) is 10.1. The number of ketones is 1. The lowest BCUT2D eigenvalue weighted by Gasteiger charge is -2.05. The molecule has 1 atom stereocenters. The fourth-order valence-corrected chi connectivity index (χ4v) is 1.50. The van der Waals surface area contributed by atoms with Crippen LogP contribution in [0, 0.1) is 0 Å². The maximum Gasteiger partial charge on any atom is 0.221 e. The van der Waals surface area contributed by atoms with Crippen LogP contribution in [0.3, 0.4) is 0 Å². The highest BCUT2D eigenvalue weighted by Gasteiger charge is 2.22. The maximum atomic E-state index is 11.8. The molecule has 1 heterocycles. The predicted octanol–water partition coefficient (Wildman–Crippen LogP) is 1.24. The molecule has 0 radical (unpaired) electrons. The fourth-order valence-electron chi connectivity index (χ4n) is 1.50. The summed E-state index contributed by atoms with van der Waals surface area (Å²) in [7, 11) is 0. The van der Waals surface area contributed by atoms with Crippen molar-refractivity contribution < 1.29 is 19.1 Å². The second kappa shape index (κ2) is 5.75. The van der Waals surface area contributed by atoms with Crippen LogP contribution in [0.15, 0.2) is 24.3 Å². The van der Waals surface area contributed by atoms with Crippen LogP contribution in [0.5, 0.6) is 0 Å². The minimum atomic E-state index is -0.165. The molecule has 1 N–H and O–H groups in total. The van der Waals surface area contributed by atoms with Crippen molar-refractivity contribution in [2.45, 2.75) is 13.0 Å². The van der Waals surface area contributed by atoms with Crippen LogP contribution in [0.1, 0.15) is 17.3 Å². The van der Waals surface area contributed by atoms with Gasteiger partial charge in [0.05, 0.1) is 13.2 Å². The SMILES string of the molecule is CC(=O)Nc1cccc(C(=O)COCC2CO2)c1. The van der Waals surface area contributed by atoms with Crippen molar-refractivity contribution in [3.05, 3.63) is 29.8 Å². The molecule has 18 heavy (non-hydrogen) atoms. The van der Waals surface area contributed by atoms with Crippen molar-refractivity contribution in [2.24, 2.45) is 0 Å². The molecule has 2 rings (SSSR count). The third-order valence-electron chi connectivity index (χ3n) is 2.44. The second-order valence-electron chi connectivity index (χ2n) is 4.16. The summed E-state index contributed by atoms with van der Waals surface area (Å²) >= 11 is 0. The topological polar surface area (TPSA) is 67.9 Å².